The predicted molar refractivity (Wildman–Crippen MR) is 75.5 cm³/mol. The van der Waals surface area contributed by atoms with Crippen molar-refractivity contribution >= 4 is 17.7 Å². The molecule has 1 N–H and O–H groups in total. The van der Waals surface area contributed by atoms with Crippen molar-refractivity contribution in [1.29, 1.82) is 0 Å². The van der Waals surface area contributed by atoms with Crippen molar-refractivity contribution in [3.8, 4) is 0 Å². The van der Waals surface area contributed by atoms with Gasteiger partial charge in [-0.1, -0.05) is 6.92 Å². The van der Waals surface area contributed by atoms with Crippen LogP contribution in [-0.2, 0) is 4.79 Å². The second kappa shape index (κ2) is 8.81. The molecule has 4 heteroatoms. The molecule has 0 spiro atoms. The van der Waals surface area contributed by atoms with Gasteiger partial charge in [0.1, 0.15) is 0 Å². The summed E-state index contributed by atoms with van der Waals surface area (Å²) in [5.41, 5.74) is 0. The highest BCUT2D eigenvalue weighted by Crippen LogP contribution is 2.13. The van der Waals surface area contributed by atoms with Crippen LogP contribution in [0.1, 0.15) is 39.0 Å². The van der Waals surface area contributed by atoms with E-state index in [0.717, 1.165) is 51.7 Å². The standard InChI is InChI=1S/C13H26N2OS/c1-3-9-15(12-7-8-14-11-12)13(16)6-4-5-10-17-2/h12,14H,3-11H2,1-2H3. The van der Waals surface area contributed by atoms with Gasteiger partial charge < -0.3 is 10.2 Å². The Bertz CT molecular complexity index is 217. The molecule has 1 aliphatic rings. The lowest BCUT2D eigenvalue weighted by atomic mass is 10.1. The summed E-state index contributed by atoms with van der Waals surface area (Å²) in [7, 11) is 0. The number of amides is 1. The van der Waals surface area contributed by atoms with Gasteiger partial charge in [0.15, 0.2) is 0 Å². The average Bonchev–Trinajstić information content (AvgIpc) is 2.85. The summed E-state index contributed by atoms with van der Waals surface area (Å²) in [6, 6.07) is 0.447. The number of unbranched alkanes of at least 4 members (excludes halogenated alkanes) is 1. The third-order valence-electron chi connectivity index (χ3n) is 3.25. The molecule has 100 valence electrons. The highest BCUT2D eigenvalue weighted by Gasteiger charge is 2.25. The van der Waals surface area contributed by atoms with Gasteiger partial charge in [-0.3, -0.25) is 4.79 Å². The van der Waals surface area contributed by atoms with Crippen LogP contribution in [0.3, 0.4) is 0 Å². The molecule has 0 saturated carbocycles. The zero-order valence-corrected chi connectivity index (χ0v) is 12.0. The lowest BCUT2D eigenvalue weighted by Gasteiger charge is -2.28. The Morgan fingerprint density at radius 3 is 2.88 bits per heavy atom. The molecular formula is C13H26N2OS. The molecule has 1 saturated heterocycles. The van der Waals surface area contributed by atoms with Crippen molar-refractivity contribution in [3.05, 3.63) is 0 Å². The van der Waals surface area contributed by atoms with Crippen LogP contribution in [0.25, 0.3) is 0 Å². The Labute approximate surface area is 110 Å². The van der Waals surface area contributed by atoms with E-state index in [9.17, 15) is 4.79 Å². The molecule has 0 bridgehead atoms. The van der Waals surface area contributed by atoms with E-state index in [1.807, 2.05) is 11.8 Å². The molecular weight excluding hydrogens is 232 g/mol. The third kappa shape index (κ3) is 5.30. The van der Waals surface area contributed by atoms with Gasteiger partial charge in [0, 0.05) is 25.6 Å². The summed E-state index contributed by atoms with van der Waals surface area (Å²) in [5, 5.41) is 3.35. The fourth-order valence-electron chi connectivity index (χ4n) is 2.32. The zero-order valence-electron chi connectivity index (χ0n) is 11.2. The summed E-state index contributed by atoms with van der Waals surface area (Å²) in [4.78, 5) is 14.3. The number of nitrogens with one attached hydrogen (secondary N) is 1. The van der Waals surface area contributed by atoms with Crippen molar-refractivity contribution in [1.82, 2.24) is 10.2 Å². The predicted octanol–water partition coefficient (Wildman–Crippen LogP) is 2.12. The summed E-state index contributed by atoms with van der Waals surface area (Å²) < 4.78 is 0. The molecule has 1 amide bonds. The lowest BCUT2D eigenvalue weighted by molar-refractivity contribution is -0.133. The maximum absolute atomic E-state index is 12.2. The van der Waals surface area contributed by atoms with Gasteiger partial charge in [0.2, 0.25) is 5.91 Å². The largest absolute Gasteiger partial charge is 0.338 e. The quantitative estimate of drug-likeness (QED) is 0.677. The van der Waals surface area contributed by atoms with Crippen LogP contribution in [0, 0.1) is 0 Å². The van der Waals surface area contributed by atoms with Crippen LogP contribution >= 0.6 is 11.8 Å². The Kier molecular flexibility index (Phi) is 7.69. The van der Waals surface area contributed by atoms with Gasteiger partial charge in [-0.2, -0.15) is 11.8 Å². The SMILES string of the molecule is CCCN(C(=O)CCCCSC)C1CCNC1. The third-order valence-corrected chi connectivity index (χ3v) is 3.95. The average molecular weight is 258 g/mol. The van der Waals surface area contributed by atoms with Crippen molar-refractivity contribution in [2.24, 2.45) is 0 Å². The monoisotopic (exact) mass is 258 g/mol. The summed E-state index contributed by atoms with van der Waals surface area (Å²) in [6.07, 6.45) is 7.24. The number of carbonyl (C=O) groups is 1. The van der Waals surface area contributed by atoms with Crippen molar-refractivity contribution in [2.45, 2.75) is 45.1 Å². The van der Waals surface area contributed by atoms with Gasteiger partial charge in [-0.15, -0.1) is 0 Å². The van der Waals surface area contributed by atoms with E-state index in [4.69, 9.17) is 0 Å². The maximum Gasteiger partial charge on any atom is 0.222 e. The van der Waals surface area contributed by atoms with Crippen molar-refractivity contribution in [2.75, 3.05) is 31.6 Å². The van der Waals surface area contributed by atoms with E-state index in [-0.39, 0.29) is 0 Å². The van der Waals surface area contributed by atoms with Crippen LogP contribution < -0.4 is 5.32 Å². The molecule has 0 radical (unpaired) electrons. The smallest absolute Gasteiger partial charge is 0.222 e. The first-order chi connectivity index (χ1) is 8.29. The van der Waals surface area contributed by atoms with Crippen LogP contribution in [-0.4, -0.2) is 48.5 Å². The fourth-order valence-corrected chi connectivity index (χ4v) is 2.82. The minimum Gasteiger partial charge on any atom is -0.338 e. The molecule has 0 aromatic heterocycles. The molecule has 0 aromatic rings. The second-order valence-electron chi connectivity index (χ2n) is 4.68. The molecule has 1 fully saturated rings. The Morgan fingerprint density at radius 2 is 2.29 bits per heavy atom. The van der Waals surface area contributed by atoms with Crippen LogP contribution in [0.4, 0.5) is 0 Å². The Hall–Kier alpha value is -0.220. The molecule has 17 heavy (non-hydrogen) atoms. The summed E-state index contributed by atoms with van der Waals surface area (Å²) in [6.45, 7) is 5.12. The molecule has 0 aromatic carbocycles. The van der Waals surface area contributed by atoms with Crippen LogP contribution in [0.2, 0.25) is 0 Å². The Balaban J connectivity index is 2.32. The number of hydrogen-bond acceptors (Lipinski definition) is 3. The molecule has 1 rings (SSSR count). The highest BCUT2D eigenvalue weighted by atomic mass is 32.2. The van der Waals surface area contributed by atoms with Crippen molar-refractivity contribution in [3.63, 3.8) is 0 Å². The summed E-state index contributed by atoms with van der Waals surface area (Å²) >= 11 is 1.86. The lowest BCUT2D eigenvalue weighted by Crippen LogP contribution is -2.41. The van der Waals surface area contributed by atoms with E-state index in [1.54, 1.807) is 0 Å². The molecule has 1 atom stereocenters. The number of nitrogens with zero attached hydrogens (tertiary/aromatic N) is 1. The minimum atomic E-state index is 0.363. The van der Waals surface area contributed by atoms with E-state index < -0.39 is 0 Å². The molecule has 1 heterocycles. The van der Waals surface area contributed by atoms with E-state index in [0.29, 0.717) is 11.9 Å². The first kappa shape index (κ1) is 14.8. The second-order valence-corrected chi connectivity index (χ2v) is 5.67. The number of thioether (sulfide) groups is 1. The first-order valence-corrected chi connectivity index (χ1v) is 8.18. The minimum absolute atomic E-state index is 0.363. The van der Waals surface area contributed by atoms with Gasteiger partial charge in [-0.05, 0) is 44.2 Å². The van der Waals surface area contributed by atoms with Gasteiger partial charge in [0.05, 0.1) is 0 Å². The topological polar surface area (TPSA) is 32.3 Å². The van der Waals surface area contributed by atoms with E-state index in [2.05, 4.69) is 23.4 Å². The van der Waals surface area contributed by atoms with Gasteiger partial charge >= 0.3 is 0 Å². The summed E-state index contributed by atoms with van der Waals surface area (Å²) in [5.74, 6) is 1.54. The molecule has 1 unspecified atom stereocenters. The van der Waals surface area contributed by atoms with Gasteiger partial charge in [0.25, 0.3) is 0 Å². The number of hydrogen-bond donors (Lipinski definition) is 1. The van der Waals surface area contributed by atoms with E-state index in [1.165, 1.54) is 5.75 Å². The van der Waals surface area contributed by atoms with Crippen molar-refractivity contribution < 1.29 is 4.79 Å². The highest BCUT2D eigenvalue weighted by molar-refractivity contribution is 7.98. The number of rotatable bonds is 8. The van der Waals surface area contributed by atoms with Crippen LogP contribution in [0.15, 0.2) is 0 Å². The first-order valence-electron chi connectivity index (χ1n) is 6.78. The zero-order chi connectivity index (χ0) is 12.5. The molecule has 0 aliphatic carbocycles. The van der Waals surface area contributed by atoms with Crippen LogP contribution in [0.5, 0.6) is 0 Å². The van der Waals surface area contributed by atoms with E-state index >= 15 is 0 Å². The van der Waals surface area contributed by atoms with Gasteiger partial charge in [-0.25, -0.2) is 0 Å². The number of carbonyl (C=O) groups excluding carboxylic acids is 1. The maximum atomic E-state index is 12.2. The fraction of sp³-hybridized carbons (Fsp3) is 0.923. The molecule has 3 nitrogen and oxygen atoms in total. The Morgan fingerprint density at radius 1 is 1.47 bits per heavy atom. The normalized spacial score (nSPS) is 19.5. The molecule has 1 aliphatic heterocycles.